The molecular weight excluding hydrogens is 280 g/mol. The van der Waals surface area contributed by atoms with E-state index >= 15 is 0 Å². The van der Waals surface area contributed by atoms with Gasteiger partial charge >= 0.3 is 0 Å². The number of anilines is 1. The topological polar surface area (TPSA) is 68.4 Å². The van der Waals surface area contributed by atoms with Gasteiger partial charge in [0, 0.05) is 11.9 Å². The maximum Gasteiger partial charge on any atom is 0.291 e. The van der Waals surface area contributed by atoms with Crippen LogP contribution < -0.4 is 10.9 Å². The second-order valence-electron chi connectivity index (χ2n) is 5.26. The predicted octanol–water partition coefficient (Wildman–Crippen LogP) is 1.75. The molecule has 0 radical (unpaired) electrons. The van der Waals surface area contributed by atoms with E-state index in [0.717, 1.165) is 21.5 Å². The Bertz CT molecular complexity index is 908. The number of aryl methyl sites for hydroxylation is 2. The zero-order valence-corrected chi connectivity index (χ0v) is 12.4. The van der Waals surface area contributed by atoms with Crippen molar-refractivity contribution >= 4 is 17.1 Å². The van der Waals surface area contributed by atoms with Gasteiger partial charge in [0.1, 0.15) is 18.4 Å². The van der Waals surface area contributed by atoms with Crippen molar-refractivity contribution in [1.82, 2.24) is 14.2 Å². The number of fused-ring (bicyclic) bond motifs is 1. The molecule has 0 saturated heterocycles. The molecule has 0 unspecified atom stereocenters. The van der Waals surface area contributed by atoms with Gasteiger partial charge in [0.25, 0.3) is 5.56 Å². The summed E-state index contributed by atoms with van der Waals surface area (Å²) in [6, 6.07) is 9.29. The fourth-order valence-corrected chi connectivity index (χ4v) is 2.29. The maximum atomic E-state index is 12.2. The quantitative estimate of drug-likeness (QED) is 0.800. The Labute approximate surface area is 127 Å². The van der Waals surface area contributed by atoms with Crippen LogP contribution in [-0.2, 0) is 11.3 Å². The molecule has 112 valence electrons. The number of aromatic nitrogens is 3. The molecule has 1 aromatic carbocycles. The van der Waals surface area contributed by atoms with Crippen molar-refractivity contribution in [3.05, 3.63) is 64.3 Å². The Kier molecular flexibility index (Phi) is 3.50. The number of hydrogen-bond donors (Lipinski definition) is 1. The highest BCUT2D eigenvalue weighted by Crippen LogP contribution is 2.16. The maximum absolute atomic E-state index is 12.2. The molecule has 22 heavy (non-hydrogen) atoms. The molecule has 0 saturated carbocycles. The van der Waals surface area contributed by atoms with Gasteiger partial charge < -0.3 is 9.72 Å². The molecule has 3 rings (SSSR count). The second-order valence-corrected chi connectivity index (χ2v) is 5.26. The lowest BCUT2D eigenvalue weighted by atomic mass is 10.1. The number of benzene rings is 1. The molecule has 6 nitrogen and oxygen atoms in total. The zero-order valence-electron chi connectivity index (χ0n) is 12.4. The zero-order chi connectivity index (χ0) is 15.7. The van der Waals surface area contributed by atoms with Crippen molar-refractivity contribution in [2.75, 3.05) is 5.32 Å². The summed E-state index contributed by atoms with van der Waals surface area (Å²) in [5.41, 5.74) is 2.99. The average Bonchev–Trinajstić information content (AvgIpc) is 2.95. The normalized spacial score (nSPS) is 10.8. The molecule has 3 aromatic rings. The van der Waals surface area contributed by atoms with E-state index in [0.29, 0.717) is 5.52 Å². The van der Waals surface area contributed by atoms with Gasteiger partial charge in [-0.05, 0) is 43.2 Å². The van der Waals surface area contributed by atoms with Crippen LogP contribution in [0.3, 0.4) is 0 Å². The largest absolute Gasteiger partial charge is 0.324 e. The molecule has 0 aliphatic carbocycles. The number of hydrogen-bond acceptors (Lipinski definition) is 3. The van der Waals surface area contributed by atoms with Gasteiger partial charge in [-0.2, -0.15) is 5.10 Å². The molecule has 0 spiro atoms. The van der Waals surface area contributed by atoms with Crippen LogP contribution in [0.1, 0.15) is 11.1 Å². The Morgan fingerprint density at radius 3 is 2.91 bits per heavy atom. The highest BCUT2D eigenvalue weighted by atomic mass is 16.2. The summed E-state index contributed by atoms with van der Waals surface area (Å²) < 4.78 is 2.79. The van der Waals surface area contributed by atoms with Crippen LogP contribution in [0.15, 0.2) is 47.7 Å². The molecular formula is C16H16N4O2. The van der Waals surface area contributed by atoms with Crippen LogP contribution in [0.2, 0.25) is 0 Å². The number of carbonyl (C=O) groups excluding carboxylic acids is 1. The van der Waals surface area contributed by atoms with Gasteiger partial charge in [0.05, 0.1) is 0 Å². The average molecular weight is 296 g/mol. The summed E-state index contributed by atoms with van der Waals surface area (Å²) in [5.74, 6) is -0.279. The Hall–Kier alpha value is -2.89. The minimum atomic E-state index is -0.288. The van der Waals surface area contributed by atoms with Gasteiger partial charge in [-0.25, -0.2) is 4.68 Å². The first kappa shape index (κ1) is 14.1. The molecule has 0 atom stereocenters. The van der Waals surface area contributed by atoms with E-state index in [2.05, 4.69) is 10.4 Å². The summed E-state index contributed by atoms with van der Waals surface area (Å²) in [4.78, 5) is 24.4. The van der Waals surface area contributed by atoms with Crippen LogP contribution in [0.5, 0.6) is 0 Å². The molecule has 0 aliphatic rings. The van der Waals surface area contributed by atoms with Crippen molar-refractivity contribution in [3.8, 4) is 0 Å². The number of nitrogens with zero attached hydrogens (tertiary/aromatic N) is 3. The minimum absolute atomic E-state index is 0.117. The van der Waals surface area contributed by atoms with Crippen LogP contribution >= 0.6 is 0 Å². The Balaban J connectivity index is 1.82. The van der Waals surface area contributed by atoms with Crippen LogP contribution in [0, 0.1) is 13.8 Å². The van der Waals surface area contributed by atoms with Crippen molar-refractivity contribution in [2.45, 2.75) is 20.4 Å². The van der Waals surface area contributed by atoms with Crippen molar-refractivity contribution in [1.29, 1.82) is 0 Å². The first-order chi connectivity index (χ1) is 10.5. The summed E-state index contributed by atoms with van der Waals surface area (Å²) in [6.07, 6.45) is 3.26. The lowest BCUT2D eigenvalue weighted by Gasteiger charge is -2.10. The fraction of sp³-hybridized carbons (Fsp3) is 0.188. The molecule has 2 aromatic heterocycles. The Morgan fingerprint density at radius 2 is 2.09 bits per heavy atom. The van der Waals surface area contributed by atoms with Crippen LogP contribution in [-0.4, -0.2) is 20.1 Å². The first-order valence-corrected chi connectivity index (χ1v) is 6.94. The third-order valence-electron chi connectivity index (χ3n) is 3.51. The fourth-order valence-electron chi connectivity index (χ4n) is 2.29. The van der Waals surface area contributed by atoms with Crippen molar-refractivity contribution in [3.63, 3.8) is 0 Å². The van der Waals surface area contributed by atoms with Gasteiger partial charge in [0.15, 0.2) is 0 Å². The smallest absolute Gasteiger partial charge is 0.291 e. The van der Waals surface area contributed by atoms with Crippen molar-refractivity contribution in [2.24, 2.45) is 0 Å². The first-order valence-electron chi connectivity index (χ1n) is 6.94. The third kappa shape index (κ3) is 2.63. The second kappa shape index (κ2) is 5.48. The molecule has 6 heteroatoms. The number of nitrogens with one attached hydrogen (secondary N) is 1. The van der Waals surface area contributed by atoms with Crippen molar-refractivity contribution < 1.29 is 4.79 Å². The summed E-state index contributed by atoms with van der Waals surface area (Å²) >= 11 is 0. The molecule has 0 aliphatic heterocycles. The lowest BCUT2D eigenvalue weighted by Crippen LogP contribution is -2.30. The lowest BCUT2D eigenvalue weighted by molar-refractivity contribution is -0.117. The monoisotopic (exact) mass is 296 g/mol. The van der Waals surface area contributed by atoms with Gasteiger partial charge in [-0.1, -0.05) is 12.1 Å². The SMILES string of the molecule is Cc1ccc(C)c(NC(=O)Cn2ncn3cccc3c2=O)c1. The molecule has 2 heterocycles. The summed E-state index contributed by atoms with van der Waals surface area (Å²) in [7, 11) is 0. The van der Waals surface area contributed by atoms with Crippen LogP contribution in [0.4, 0.5) is 5.69 Å². The number of amides is 1. The molecule has 1 N–H and O–H groups in total. The standard InChI is InChI=1S/C16H16N4O2/c1-11-5-6-12(2)13(8-11)18-15(21)9-20-16(22)14-4-3-7-19(14)10-17-20/h3-8,10H,9H2,1-2H3,(H,18,21). The van der Waals surface area contributed by atoms with E-state index in [1.165, 1.54) is 6.33 Å². The third-order valence-corrected chi connectivity index (χ3v) is 3.51. The van der Waals surface area contributed by atoms with E-state index in [1.807, 2.05) is 32.0 Å². The highest BCUT2D eigenvalue weighted by molar-refractivity contribution is 5.91. The van der Waals surface area contributed by atoms with Crippen LogP contribution in [0.25, 0.3) is 5.52 Å². The van der Waals surface area contributed by atoms with Gasteiger partial charge in [-0.15, -0.1) is 0 Å². The van der Waals surface area contributed by atoms with Gasteiger partial charge in [0.2, 0.25) is 5.91 Å². The molecule has 0 fully saturated rings. The Morgan fingerprint density at radius 1 is 1.27 bits per heavy atom. The number of carbonyl (C=O) groups is 1. The van der Waals surface area contributed by atoms with E-state index in [4.69, 9.17) is 0 Å². The predicted molar refractivity (Wildman–Crippen MR) is 84.0 cm³/mol. The summed E-state index contributed by atoms with van der Waals surface area (Å²) in [5, 5.41) is 6.83. The molecule has 0 bridgehead atoms. The van der Waals surface area contributed by atoms with E-state index < -0.39 is 0 Å². The van der Waals surface area contributed by atoms with E-state index in [1.54, 1.807) is 22.7 Å². The number of rotatable bonds is 3. The van der Waals surface area contributed by atoms with E-state index in [9.17, 15) is 9.59 Å². The highest BCUT2D eigenvalue weighted by Gasteiger charge is 2.10. The summed E-state index contributed by atoms with van der Waals surface area (Å²) in [6.45, 7) is 3.77. The van der Waals surface area contributed by atoms with Gasteiger partial charge in [-0.3, -0.25) is 9.59 Å². The minimum Gasteiger partial charge on any atom is -0.324 e. The molecule has 1 amide bonds. The van der Waals surface area contributed by atoms with E-state index in [-0.39, 0.29) is 18.0 Å².